The van der Waals surface area contributed by atoms with Gasteiger partial charge in [-0.15, -0.1) is 6.42 Å². The average molecular weight is 684 g/mol. The summed E-state index contributed by atoms with van der Waals surface area (Å²) in [6.07, 6.45) is -1.29. The molecular weight excluding hydrogens is 646 g/mol. The number of rotatable bonds is 19. The SMILES string of the molecule is C#CCNc1c(NCCCCCCO[C@]2(C(=O)O)C[C@H](O)[C@@H](NS(=O)(=O)c3ccccc3[N+](=O)[O-])[C@H]([C@H](O)[C@H](O)CN)O2)c(=O)c1=O. The van der Waals surface area contributed by atoms with Crippen LogP contribution in [0.15, 0.2) is 38.8 Å². The van der Waals surface area contributed by atoms with Crippen LogP contribution in [0.1, 0.15) is 32.1 Å². The number of aliphatic hydroxyl groups is 3. The number of para-hydroxylation sites is 1. The number of benzene rings is 1. The van der Waals surface area contributed by atoms with Gasteiger partial charge in [-0.3, -0.25) is 19.7 Å². The second-order valence-corrected chi connectivity index (χ2v) is 12.4. The first-order chi connectivity index (χ1) is 22.2. The van der Waals surface area contributed by atoms with Crippen LogP contribution in [-0.2, 0) is 24.3 Å². The number of hydrogen-bond donors (Lipinski definition) is 8. The Morgan fingerprint density at radius 3 is 2.43 bits per heavy atom. The molecule has 19 heteroatoms. The largest absolute Gasteiger partial charge is 0.477 e. The predicted octanol–water partition coefficient (Wildman–Crippen LogP) is -1.82. The monoisotopic (exact) mass is 683 g/mol. The lowest BCUT2D eigenvalue weighted by Gasteiger charge is -2.46. The zero-order valence-corrected chi connectivity index (χ0v) is 25.8. The summed E-state index contributed by atoms with van der Waals surface area (Å²) >= 11 is 0. The highest BCUT2D eigenvalue weighted by molar-refractivity contribution is 7.89. The Bertz CT molecular complexity index is 1640. The van der Waals surface area contributed by atoms with Crippen LogP contribution in [-0.4, -0.2) is 102 Å². The third-order valence-electron chi connectivity index (χ3n) is 7.50. The summed E-state index contributed by atoms with van der Waals surface area (Å²) < 4.78 is 39.6. The molecule has 6 atom stereocenters. The van der Waals surface area contributed by atoms with Crippen molar-refractivity contribution >= 4 is 33.1 Å². The molecule has 1 aliphatic heterocycles. The molecule has 1 aliphatic rings. The van der Waals surface area contributed by atoms with E-state index in [0.717, 1.165) is 12.1 Å². The van der Waals surface area contributed by atoms with E-state index in [1.807, 2.05) is 4.72 Å². The van der Waals surface area contributed by atoms with Crippen LogP contribution < -0.4 is 31.9 Å². The van der Waals surface area contributed by atoms with Gasteiger partial charge >= 0.3 is 5.97 Å². The molecule has 9 N–H and O–H groups in total. The number of carboxylic acid groups (broad SMARTS) is 1. The standard InChI is InChI=1S/C28H37N5O13S/c1-2-11-30-21-22(25(38)24(21)37)31-12-7-3-4-8-13-45-28(27(39)40)14-17(34)20(26(46-28)23(36)18(35)15-29)32-47(43,44)19-10-6-5-9-16(19)33(41)42/h1,5-6,9-10,17-18,20,23,26,30-32,34-36H,3-4,7-8,11-15,29H2,(H,39,40)/t17-,18+,20+,23+,26+,28+/m0/s1. The molecule has 0 amide bonds. The van der Waals surface area contributed by atoms with E-state index in [4.69, 9.17) is 21.6 Å². The lowest BCUT2D eigenvalue weighted by Crippen LogP contribution is -2.68. The van der Waals surface area contributed by atoms with Gasteiger partial charge in [0, 0.05) is 25.6 Å². The van der Waals surface area contributed by atoms with E-state index < -0.39 is 91.6 Å². The summed E-state index contributed by atoms with van der Waals surface area (Å²) in [5, 5.41) is 59.1. The molecule has 1 saturated heterocycles. The number of nitro groups is 1. The molecule has 2 aromatic rings. The Hall–Kier alpha value is -4.00. The third-order valence-corrected chi connectivity index (χ3v) is 9.01. The van der Waals surface area contributed by atoms with Gasteiger partial charge in [0.05, 0.1) is 36.3 Å². The summed E-state index contributed by atoms with van der Waals surface area (Å²) in [4.78, 5) is 45.5. The molecule has 3 rings (SSSR count). The number of aliphatic hydroxyl groups excluding tert-OH is 3. The van der Waals surface area contributed by atoms with E-state index in [0.29, 0.717) is 32.2 Å². The number of nitro benzene ring substituents is 1. The molecule has 0 spiro atoms. The minimum Gasteiger partial charge on any atom is -0.477 e. The lowest BCUT2D eigenvalue weighted by atomic mass is 9.89. The van der Waals surface area contributed by atoms with Crippen molar-refractivity contribution in [3.63, 3.8) is 0 Å². The summed E-state index contributed by atoms with van der Waals surface area (Å²) in [5.41, 5.74) is 3.64. The number of ether oxygens (including phenoxy) is 2. The van der Waals surface area contributed by atoms with Crippen LogP contribution in [0.4, 0.5) is 17.1 Å². The van der Waals surface area contributed by atoms with Crippen LogP contribution in [0, 0.1) is 22.5 Å². The third kappa shape index (κ3) is 8.68. The van der Waals surface area contributed by atoms with E-state index in [-0.39, 0.29) is 24.5 Å². The molecule has 0 unspecified atom stereocenters. The van der Waals surface area contributed by atoms with E-state index in [9.17, 15) is 53.3 Å². The Morgan fingerprint density at radius 1 is 1.17 bits per heavy atom. The van der Waals surface area contributed by atoms with Crippen molar-refractivity contribution in [2.24, 2.45) is 5.73 Å². The van der Waals surface area contributed by atoms with Gasteiger partial charge in [-0.1, -0.05) is 30.9 Å². The van der Waals surface area contributed by atoms with Gasteiger partial charge in [-0.05, 0) is 18.9 Å². The molecule has 0 aromatic heterocycles. The maximum absolute atomic E-state index is 13.2. The number of nitrogens with one attached hydrogen (secondary N) is 3. The lowest BCUT2D eigenvalue weighted by molar-refractivity contribution is -0.387. The molecule has 1 fully saturated rings. The van der Waals surface area contributed by atoms with E-state index in [1.54, 1.807) is 0 Å². The van der Waals surface area contributed by atoms with Gasteiger partial charge in [-0.25, -0.2) is 17.9 Å². The minimum atomic E-state index is -4.77. The van der Waals surface area contributed by atoms with Crippen LogP contribution in [0.2, 0.25) is 0 Å². The molecule has 0 bridgehead atoms. The fraction of sp³-hybridized carbons (Fsp3) is 0.536. The minimum absolute atomic E-state index is 0.0835. The van der Waals surface area contributed by atoms with E-state index in [2.05, 4.69) is 16.6 Å². The van der Waals surface area contributed by atoms with E-state index >= 15 is 0 Å². The smallest absolute Gasteiger partial charge is 0.364 e. The topological polar surface area (TPSA) is 290 Å². The first-order valence-electron chi connectivity index (χ1n) is 14.5. The van der Waals surface area contributed by atoms with Gasteiger partial charge in [-0.2, -0.15) is 0 Å². The Balaban J connectivity index is 1.65. The molecule has 1 heterocycles. The number of carbonyl (C=O) groups is 1. The van der Waals surface area contributed by atoms with E-state index in [1.165, 1.54) is 12.1 Å². The molecule has 258 valence electrons. The number of anilines is 2. The Labute approximate surface area is 268 Å². The first-order valence-corrected chi connectivity index (χ1v) is 16.0. The second-order valence-electron chi connectivity index (χ2n) is 10.7. The number of hydrogen-bond acceptors (Lipinski definition) is 15. The van der Waals surface area contributed by atoms with Crippen molar-refractivity contribution in [2.75, 3.05) is 36.9 Å². The molecule has 2 aromatic carbocycles. The first kappa shape index (κ1) is 37.5. The zero-order valence-electron chi connectivity index (χ0n) is 25.0. The highest BCUT2D eigenvalue weighted by Crippen LogP contribution is 2.35. The number of sulfonamides is 1. The van der Waals surface area contributed by atoms with Crippen LogP contribution in [0.25, 0.3) is 0 Å². The summed E-state index contributed by atoms with van der Waals surface area (Å²) in [6.45, 7) is -0.321. The summed E-state index contributed by atoms with van der Waals surface area (Å²) in [7, 11) is -4.77. The Kier molecular flexibility index (Phi) is 12.9. The number of aliphatic carboxylic acids is 1. The van der Waals surface area contributed by atoms with Crippen LogP contribution in [0.5, 0.6) is 0 Å². The highest BCUT2D eigenvalue weighted by Gasteiger charge is 2.56. The van der Waals surface area contributed by atoms with Gasteiger partial charge in [0.15, 0.2) is 4.90 Å². The maximum Gasteiger partial charge on any atom is 0.364 e. The van der Waals surface area contributed by atoms with Crippen molar-refractivity contribution in [3.8, 4) is 12.3 Å². The number of terminal acetylenes is 1. The molecule has 47 heavy (non-hydrogen) atoms. The van der Waals surface area contributed by atoms with Crippen LogP contribution in [0.3, 0.4) is 0 Å². The zero-order chi connectivity index (χ0) is 34.9. The second kappa shape index (κ2) is 16.2. The van der Waals surface area contributed by atoms with Crippen LogP contribution >= 0.6 is 0 Å². The summed E-state index contributed by atoms with van der Waals surface area (Å²) in [6, 6.07) is 2.56. The quantitative estimate of drug-likeness (QED) is 0.0266. The van der Waals surface area contributed by atoms with Gasteiger partial charge < -0.3 is 46.3 Å². The van der Waals surface area contributed by atoms with Gasteiger partial charge in [0.1, 0.15) is 23.6 Å². The highest BCUT2D eigenvalue weighted by atomic mass is 32.2. The van der Waals surface area contributed by atoms with Gasteiger partial charge in [0.2, 0.25) is 10.0 Å². The van der Waals surface area contributed by atoms with Crippen molar-refractivity contribution < 1.29 is 48.0 Å². The molecule has 0 aliphatic carbocycles. The molecule has 0 saturated carbocycles. The van der Waals surface area contributed by atoms with Crippen molar-refractivity contribution in [1.29, 1.82) is 0 Å². The maximum atomic E-state index is 13.2. The average Bonchev–Trinajstić information content (AvgIpc) is 3.04. The van der Waals surface area contributed by atoms with Gasteiger partial charge in [0.25, 0.3) is 22.3 Å². The number of unbranched alkanes of at least 4 members (excludes halogenated alkanes) is 3. The summed E-state index contributed by atoms with van der Waals surface area (Å²) in [5.74, 6) is -1.97. The fourth-order valence-corrected chi connectivity index (χ4v) is 6.47. The number of nitrogens with zero attached hydrogens (tertiary/aromatic N) is 1. The molecule has 0 radical (unpaired) electrons. The molecular formula is C28H37N5O13S. The predicted molar refractivity (Wildman–Crippen MR) is 166 cm³/mol. The Morgan fingerprint density at radius 2 is 1.81 bits per heavy atom. The van der Waals surface area contributed by atoms with Crippen molar-refractivity contribution in [2.45, 2.75) is 73.2 Å². The number of carboxylic acids is 1. The molecule has 18 nitrogen and oxygen atoms in total. The normalized spacial score (nSPS) is 22.7. The van der Waals surface area contributed by atoms with Crippen molar-refractivity contribution in [1.82, 2.24) is 4.72 Å². The van der Waals surface area contributed by atoms with Crippen molar-refractivity contribution in [3.05, 3.63) is 54.8 Å². The fourth-order valence-electron chi connectivity index (χ4n) is 5.02. The number of nitrogens with two attached hydrogens (primary N) is 1.